The second kappa shape index (κ2) is 7.47. The zero-order chi connectivity index (χ0) is 18.7. The topological polar surface area (TPSA) is 68.2 Å². The molecule has 0 N–H and O–H groups in total. The molecule has 1 heterocycles. The van der Waals surface area contributed by atoms with Crippen LogP contribution in [0.5, 0.6) is 11.5 Å². The Morgan fingerprint density at radius 2 is 1.81 bits per heavy atom. The Hall–Kier alpha value is -2.38. The standard InChI is InChI=1S/C19H22N2O4S/c1-4-21(5-2)26(22,23)19-10-14(3)6-8-16(19)20-12-15-7-9-17-18(11-15)25-13-24-17/h6-12H,4-5,13H2,1-3H3. The fourth-order valence-electron chi connectivity index (χ4n) is 2.77. The number of hydrogen-bond donors (Lipinski definition) is 0. The van der Waals surface area contributed by atoms with E-state index in [9.17, 15) is 8.42 Å². The van der Waals surface area contributed by atoms with Crippen molar-refractivity contribution in [1.82, 2.24) is 4.31 Å². The lowest BCUT2D eigenvalue weighted by atomic mass is 10.2. The van der Waals surface area contributed by atoms with E-state index in [0.29, 0.717) is 30.3 Å². The van der Waals surface area contributed by atoms with Gasteiger partial charge < -0.3 is 9.47 Å². The van der Waals surface area contributed by atoms with E-state index in [1.807, 2.05) is 45.0 Å². The van der Waals surface area contributed by atoms with E-state index in [4.69, 9.17) is 9.47 Å². The minimum Gasteiger partial charge on any atom is -0.454 e. The van der Waals surface area contributed by atoms with Gasteiger partial charge in [-0.05, 0) is 48.4 Å². The summed E-state index contributed by atoms with van der Waals surface area (Å²) in [6.45, 7) is 6.56. The molecule has 0 aliphatic carbocycles. The van der Waals surface area contributed by atoms with Crippen LogP contribution >= 0.6 is 0 Å². The molecule has 1 aliphatic rings. The number of rotatable bonds is 6. The average Bonchev–Trinajstić information content (AvgIpc) is 3.09. The summed E-state index contributed by atoms with van der Waals surface area (Å²) in [5, 5.41) is 0. The van der Waals surface area contributed by atoms with Crippen molar-refractivity contribution in [2.75, 3.05) is 19.9 Å². The van der Waals surface area contributed by atoms with Crippen LogP contribution in [0.4, 0.5) is 5.69 Å². The summed E-state index contributed by atoms with van der Waals surface area (Å²) in [7, 11) is -3.59. The molecule has 0 bridgehead atoms. The van der Waals surface area contributed by atoms with Crippen LogP contribution in [0.3, 0.4) is 0 Å². The number of nitrogens with zero attached hydrogens (tertiary/aromatic N) is 2. The van der Waals surface area contributed by atoms with Crippen molar-refractivity contribution in [3.63, 3.8) is 0 Å². The predicted molar refractivity (Wildman–Crippen MR) is 101 cm³/mol. The average molecular weight is 374 g/mol. The van der Waals surface area contributed by atoms with Crippen LogP contribution in [0.1, 0.15) is 25.0 Å². The monoisotopic (exact) mass is 374 g/mol. The van der Waals surface area contributed by atoms with E-state index in [1.165, 1.54) is 4.31 Å². The molecule has 3 rings (SSSR count). The second-order valence-electron chi connectivity index (χ2n) is 5.93. The number of aliphatic imine (C=N–C) groups is 1. The van der Waals surface area contributed by atoms with Crippen LogP contribution in [0.2, 0.25) is 0 Å². The van der Waals surface area contributed by atoms with Gasteiger partial charge in [0.25, 0.3) is 0 Å². The van der Waals surface area contributed by atoms with Gasteiger partial charge in [0.1, 0.15) is 4.90 Å². The highest BCUT2D eigenvalue weighted by Gasteiger charge is 2.24. The molecule has 0 amide bonds. The fraction of sp³-hybridized carbons (Fsp3) is 0.316. The van der Waals surface area contributed by atoms with E-state index in [0.717, 1.165) is 11.1 Å². The molecule has 0 aromatic heterocycles. The summed E-state index contributed by atoms with van der Waals surface area (Å²) in [6.07, 6.45) is 1.63. The molecule has 2 aromatic rings. The zero-order valence-electron chi connectivity index (χ0n) is 15.1. The number of sulfonamides is 1. The Kier molecular flexibility index (Phi) is 5.29. The van der Waals surface area contributed by atoms with Gasteiger partial charge in [0.05, 0.1) is 5.69 Å². The molecule has 0 radical (unpaired) electrons. The van der Waals surface area contributed by atoms with Gasteiger partial charge in [0.15, 0.2) is 11.5 Å². The molecule has 0 saturated heterocycles. The molecule has 0 unspecified atom stereocenters. The summed E-state index contributed by atoms with van der Waals surface area (Å²) in [6, 6.07) is 10.7. The maximum absolute atomic E-state index is 12.9. The molecule has 0 fully saturated rings. The normalized spacial score (nSPS) is 13.7. The molecule has 26 heavy (non-hydrogen) atoms. The summed E-state index contributed by atoms with van der Waals surface area (Å²) >= 11 is 0. The molecule has 6 nitrogen and oxygen atoms in total. The first-order chi connectivity index (χ1) is 12.5. The van der Waals surface area contributed by atoms with E-state index in [2.05, 4.69) is 4.99 Å². The Labute approximate surface area is 154 Å². The van der Waals surface area contributed by atoms with Gasteiger partial charge in [-0.15, -0.1) is 0 Å². The lowest BCUT2D eigenvalue weighted by molar-refractivity contribution is 0.174. The van der Waals surface area contributed by atoms with Crippen LogP contribution < -0.4 is 9.47 Å². The molecule has 0 spiro atoms. The Morgan fingerprint density at radius 1 is 1.08 bits per heavy atom. The third-order valence-electron chi connectivity index (χ3n) is 4.19. The summed E-state index contributed by atoms with van der Waals surface area (Å²) < 4.78 is 38.0. The highest BCUT2D eigenvalue weighted by atomic mass is 32.2. The van der Waals surface area contributed by atoms with E-state index >= 15 is 0 Å². The first-order valence-corrected chi connectivity index (χ1v) is 9.94. The van der Waals surface area contributed by atoms with Gasteiger partial charge in [-0.3, -0.25) is 4.99 Å². The summed E-state index contributed by atoms with van der Waals surface area (Å²) in [5.74, 6) is 1.36. The maximum Gasteiger partial charge on any atom is 0.245 e. The van der Waals surface area contributed by atoms with Crippen LogP contribution in [0, 0.1) is 6.92 Å². The second-order valence-corrected chi connectivity index (χ2v) is 7.84. The molecule has 2 aromatic carbocycles. The molecule has 0 atom stereocenters. The number of ether oxygens (including phenoxy) is 2. The smallest absolute Gasteiger partial charge is 0.245 e. The van der Waals surface area contributed by atoms with Gasteiger partial charge in [0, 0.05) is 19.3 Å². The van der Waals surface area contributed by atoms with Crippen LogP contribution in [-0.4, -0.2) is 38.8 Å². The molecule has 0 saturated carbocycles. The Bertz CT molecular complexity index is 935. The van der Waals surface area contributed by atoms with Crippen molar-refractivity contribution in [3.8, 4) is 11.5 Å². The highest BCUT2D eigenvalue weighted by molar-refractivity contribution is 7.89. The van der Waals surface area contributed by atoms with Gasteiger partial charge in [-0.1, -0.05) is 19.9 Å². The van der Waals surface area contributed by atoms with Gasteiger partial charge >= 0.3 is 0 Å². The number of hydrogen-bond acceptors (Lipinski definition) is 5. The van der Waals surface area contributed by atoms with Gasteiger partial charge in [-0.25, -0.2) is 8.42 Å². The Morgan fingerprint density at radius 3 is 2.54 bits per heavy atom. The lowest BCUT2D eigenvalue weighted by Crippen LogP contribution is -2.30. The molecular formula is C19H22N2O4S. The third kappa shape index (κ3) is 3.59. The van der Waals surface area contributed by atoms with Crippen molar-refractivity contribution in [2.24, 2.45) is 4.99 Å². The lowest BCUT2D eigenvalue weighted by Gasteiger charge is -2.19. The first kappa shape index (κ1) is 18.4. The fourth-order valence-corrected chi connectivity index (χ4v) is 4.45. The first-order valence-electron chi connectivity index (χ1n) is 8.50. The molecule has 7 heteroatoms. The van der Waals surface area contributed by atoms with Gasteiger partial charge in [-0.2, -0.15) is 4.31 Å². The maximum atomic E-state index is 12.9. The Balaban J connectivity index is 1.98. The summed E-state index contributed by atoms with van der Waals surface area (Å²) in [4.78, 5) is 4.65. The van der Waals surface area contributed by atoms with Crippen molar-refractivity contribution < 1.29 is 17.9 Å². The molecule has 1 aliphatic heterocycles. The number of fused-ring (bicyclic) bond motifs is 1. The SMILES string of the molecule is CCN(CC)S(=O)(=O)c1cc(C)ccc1N=Cc1ccc2c(c1)OCO2. The van der Waals surface area contributed by atoms with E-state index in [1.54, 1.807) is 18.3 Å². The zero-order valence-corrected chi connectivity index (χ0v) is 15.9. The minimum atomic E-state index is -3.59. The van der Waals surface area contributed by atoms with Crippen molar-refractivity contribution in [2.45, 2.75) is 25.7 Å². The van der Waals surface area contributed by atoms with Crippen LogP contribution in [-0.2, 0) is 10.0 Å². The van der Waals surface area contributed by atoms with Crippen LogP contribution in [0.15, 0.2) is 46.3 Å². The predicted octanol–water partition coefficient (Wildman–Crippen LogP) is 3.50. The van der Waals surface area contributed by atoms with Crippen LogP contribution in [0.25, 0.3) is 0 Å². The van der Waals surface area contributed by atoms with E-state index < -0.39 is 10.0 Å². The number of benzene rings is 2. The highest BCUT2D eigenvalue weighted by Crippen LogP contribution is 2.33. The quantitative estimate of drug-likeness (QED) is 0.726. The van der Waals surface area contributed by atoms with Gasteiger partial charge in [0.2, 0.25) is 16.8 Å². The third-order valence-corrected chi connectivity index (χ3v) is 6.27. The minimum absolute atomic E-state index is 0.208. The van der Waals surface area contributed by atoms with Crippen molar-refractivity contribution in [1.29, 1.82) is 0 Å². The van der Waals surface area contributed by atoms with E-state index in [-0.39, 0.29) is 11.7 Å². The largest absolute Gasteiger partial charge is 0.454 e. The summed E-state index contributed by atoms with van der Waals surface area (Å²) in [5.41, 5.74) is 2.10. The molecular weight excluding hydrogens is 352 g/mol. The van der Waals surface area contributed by atoms with Crippen molar-refractivity contribution >= 4 is 21.9 Å². The van der Waals surface area contributed by atoms with Crippen molar-refractivity contribution in [3.05, 3.63) is 47.5 Å². The number of aryl methyl sites for hydroxylation is 1. The molecule has 138 valence electrons.